The van der Waals surface area contributed by atoms with E-state index in [9.17, 15) is 0 Å². The average Bonchev–Trinajstić information content (AvgIpc) is 2.45. The summed E-state index contributed by atoms with van der Waals surface area (Å²) in [5.41, 5.74) is 0.717. The molecule has 4 nitrogen and oxygen atoms in total. The zero-order valence-electron chi connectivity index (χ0n) is 10.7. The van der Waals surface area contributed by atoms with Gasteiger partial charge in [-0.2, -0.15) is 5.10 Å². The monoisotopic (exact) mass is 278 g/mol. The van der Waals surface area contributed by atoms with Gasteiger partial charge in [0.15, 0.2) is 16.7 Å². The van der Waals surface area contributed by atoms with E-state index in [1.165, 1.54) is 0 Å². The van der Waals surface area contributed by atoms with Crippen molar-refractivity contribution in [2.24, 2.45) is 0 Å². The molecular weight excluding hydrogens is 264 g/mol. The zero-order chi connectivity index (χ0) is 13.5. The Morgan fingerprint density at radius 2 is 1.74 bits per heavy atom. The van der Waals surface area contributed by atoms with Crippen LogP contribution in [0.1, 0.15) is 19.0 Å². The molecule has 1 heterocycles. The Balaban J connectivity index is 2.00. The Bertz CT molecular complexity index is 517. The predicted octanol–water partition coefficient (Wildman–Crippen LogP) is 3.50. The molecule has 0 unspecified atom stereocenters. The van der Waals surface area contributed by atoms with Crippen LogP contribution >= 0.6 is 11.6 Å². The summed E-state index contributed by atoms with van der Waals surface area (Å²) in [5.74, 6) is 1.44. The quantitative estimate of drug-likeness (QED) is 0.811. The highest BCUT2D eigenvalue weighted by molar-refractivity contribution is 6.29. The molecule has 0 bridgehead atoms. The van der Waals surface area contributed by atoms with E-state index in [0.717, 1.165) is 17.9 Å². The van der Waals surface area contributed by atoms with Gasteiger partial charge in [-0.05, 0) is 30.7 Å². The standard InChI is InChI=1S/C14H15ClN2O2/c1-2-9-18-12-5-3-4-6-13(12)19-10-11-7-8-14(15)17-16-11/h3-8H,2,9-10H2,1H3. The van der Waals surface area contributed by atoms with Gasteiger partial charge in [0.1, 0.15) is 12.3 Å². The van der Waals surface area contributed by atoms with Crippen molar-refractivity contribution in [3.05, 3.63) is 47.2 Å². The van der Waals surface area contributed by atoms with Crippen molar-refractivity contribution in [2.75, 3.05) is 6.61 Å². The average molecular weight is 279 g/mol. The van der Waals surface area contributed by atoms with Crippen LogP contribution in [-0.2, 0) is 6.61 Å². The van der Waals surface area contributed by atoms with Crippen molar-refractivity contribution in [3.8, 4) is 11.5 Å². The van der Waals surface area contributed by atoms with Gasteiger partial charge in [-0.3, -0.25) is 0 Å². The number of nitrogens with zero attached hydrogens (tertiary/aromatic N) is 2. The van der Waals surface area contributed by atoms with Crippen molar-refractivity contribution in [1.82, 2.24) is 10.2 Å². The van der Waals surface area contributed by atoms with Crippen LogP contribution < -0.4 is 9.47 Å². The van der Waals surface area contributed by atoms with E-state index < -0.39 is 0 Å². The van der Waals surface area contributed by atoms with Crippen LogP contribution in [0.25, 0.3) is 0 Å². The third-order valence-electron chi connectivity index (χ3n) is 2.37. The first kappa shape index (κ1) is 13.6. The Kier molecular flexibility index (Phi) is 4.98. The molecule has 0 radical (unpaired) electrons. The summed E-state index contributed by atoms with van der Waals surface area (Å²) < 4.78 is 11.3. The third kappa shape index (κ3) is 4.10. The van der Waals surface area contributed by atoms with E-state index in [1.807, 2.05) is 24.3 Å². The molecule has 1 aromatic heterocycles. The van der Waals surface area contributed by atoms with Gasteiger partial charge in [-0.1, -0.05) is 30.7 Å². The number of benzene rings is 1. The summed E-state index contributed by atoms with van der Waals surface area (Å²) in [6.45, 7) is 3.06. The highest BCUT2D eigenvalue weighted by Gasteiger charge is 2.05. The smallest absolute Gasteiger partial charge is 0.161 e. The van der Waals surface area contributed by atoms with Crippen molar-refractivity contribution < 1.29 is 9.47 Å². The van der Waals surface area contributed by atoms with Crippen LogP contribution in [0.4, 0.5) is 0 Å². The second kappa shape index (κ2) is 6.95. The highest BCUT2D eigenvalue weighted by atomic mass is 35.5. The van der Waals surface area contributed by atoms with Crippen LogP contribution in [0, 0.1) is 0 Å². The van der Waals surface area contributed by atoms with Gasteiger partial charge in [0.05, 0.1) is 6.61 Å². The Morgan fingerprint density at radius 3 is 2.37 bits per heavy atom. The van der Waals surface area contributed by atoms with Gasteiger partial charge in [0.25, 0.3) is 0 Å². The van der Waals surface area contributed by atoms with Crippen molar-refractivity contribution in [1.29, 1.82) is 0 Å². The van der Waals surface area contributed by atoms with Gasteiger partial charge < -0.3 is 9.47 Å². The fourth-order valence-electron chi connectivity index (χ4n) is 1.47. The minimum Gasteiger partial charge on any atom is -0.490 e. The lowest BCUT2D eigenvalue weighted by Crippen LogP contribution is -2.02. The zero-order valence-corrected chi connectivity index (χ0v) is 11.4. The summed E-state index contributed by atoms with van der Waals surface area (Å²) in [7, 11) is 0. The molecule has 1 aromatic carbocycles. The normalized spacial score (nSPS) is 10.2. The second-order valence-corrected chi connectivity index (χ2v) is 4.32. The number of para-hydroxylation sites is 2. The lowest BCUT2D eigenvalue weighted by atomic mass is 10.3. The number of rotatable bonds is 6. The summed E-state index contributed by atoms with van der Waals surface area (Å²) in [4.78, 5) is 0. The molecule has 0 aliphatic rings. The molecule has 0 atom stereocenters. The second-order valence-electron chi connectivity index (χ2n) is 3.93. The van der Waals surface area contributed by atoms with Crippen LogP contribution in [0.3, 0.4) is 0 Å². The van der Waals surface area contributed by atoms with E-state index in [0.29, 0.717) is 24.1 Å². The molecule has 0 fully saturated rings. The van der Waals surface area contributed by atoms with E-state index in [2.05, 4.69) is 17.1 Å². The van der Waals surface area contributed by atoms with Gasteiger partial charge in [-0.15, -0.1) is 5.10 Å². The number of halogens is 1. The van der Waals surface area contributed by atoms with Crippen LogP contribution in [0.2, 0.25) is 5.15 Å². The van der Waals surface area contributed by atoms with Crippen LogP contribution in [-0.4, -0.2) is 16.8 Å². The maximum atomic E-state index is 5.69. The topological polar surface area (TPSA) is 44.2 Å². The molecule has 0 amide bonds. The fourth-order valence-corrected chi connectivity index (χ4v) is 1.57. The minimum atomic E-state index is 0.330. The maximum absolute atomic E-state index is 5.69. The summed E-state index contributed by atoms with van der Waals surface area (Å²) in [5, 5.41) is 8.08. The lowest BCUT2D eigenvalue weighted by molar-refractivity contribution is 0.259. The van der Waals surface area contributed by atoms with Crippen molar-refractivity contribution >= 4 is 11.6 Å². The molecule has 100 valence electrons. The maximum Gasteiger partial charge on any atom is 0.161 e. The minimum absolute atomic E-state index is 0.330. The Hall–Kier alpha value is -1.81. The molecule has 0 aliphatic heterocycles. The molecule has 2 rings (SSSR count). The molecule has 0 saturated heterocycles. The first-order valence-electron chi connectivity index (χ1n) is 6.12. The summed E-state index contributed by atoms with van der Waals surface area (Å²) >= 11 is 5.68. The van der Waals surface area contributed by atoms with Crippen LogP contribution in [0.5, 0.6) is 11.5 Å². The molecular formula is C14H15ClN2O2. The summed E-state index contributed by atoms with van der Waals surface area (Å²) in [6, 6.07) is 11.0. The van der Waals surface area contributed by atoms with Crippen molar-refractivity contribution in [2.45, 2.75) is 20.0 Å². The van der Waals surface area contributed by atoms with E-state index in [4.69, 9.17) is 21.1 Å². The largest absolute Gasteiger partial charge is 0.490 e. The number of hydrogen-bond acceptors (Lipinski definition) is 4. The third-order valence-corrected chi connectivity index (χ3v) is 2.58. The molecule has 0 saturated carbocycles. The van der Waals surface area contributed by atoms with Gasteiger partial charge in [0.2, 0.25) is 0 Å². The van der Waals surface area contributed by atoms with E-state index in [1.54, 1.807) is 12.1 Å². The highest BCUT2D eigenvalue weighted by Crippen LogP contribution is 2.27. The Labute approximate surface area is 117 Å². The molecule has 19 heavy (non-hydrogen) atoms. The number of ether oxygens (including phenoxy) is 2. The lowest BCUT2D eigenvalue weighted by Gasteiger charge is -2.11. The van der Waals surface area contributed by atoms with E-state index in [-0.39, 0.29) is 0 Å². The number of aromatic nitrogens is 2. The number of hydrogen-bond donors (Lipinski definition) is 0. The Morgan fingerprint density at radius 1 is 1.00 bits per heavy atom. The predicted molar refractivity (Wildman–Crippen MR) is 73.6 cm³/mol. The summed E-state index contributed by atoms with van der Waals surface area (Å²) in [6.07, 6.45) is 0.955. The fraction of sp³-hybridized carbons (Fsp3) is 0.286. The van der Waals surface area contributed by atoms with Gasteiger partial charge >= 0.3 is 0 Å². The van der Waals surface area contributed by atoms with Gasteiger partial charge in [-0.25, -0.2) is 0 Å². The van der Waals surface area contributed by atoms with Gasteiger partial charge in [0, 0.05) is 0 Å². The first-order chi connectivity index (χ1) is 9.29. The molecule has 0 aliphatic carbocycles. The molecule has 2 aromatic rings. The van der Waals surface area contributed by atoms with Crippen molar-refractivity contribution in [3.63, 3.8) is 0 Å². The van der Waals surface area contributed by atoms with E-state index >= 15 is 0 Å². The SMILES string of the molecule is CCCOc1ccccc1OCc1ccc(Cl)nn1. The molecule has 5 heteroatoms. The molecule has 0 N–H and O–H groups in total. The molecule has 0 spiro atoms. The van der Waals surface area contributed by atoms with Crippen LogP contribution in [0.15, 0.2) is 36.4 Å². The first-order valence-corrected chi connectivity index (χ1v) is 6.50.